The van der Waals surface area contributed by atoms with Gasteiger partial charge in [-0.25, -0.2) is 0 Å². The second-order valence-electron chi connectivity index (χ2n) is 4.69. The zero-order valence-electron chi connectivity index (χ0n) is 11.4. The molecule has 0 saturated carbocycles. The van der Waals surface area contributed by atoms with Gasteiger partial charge >= 0.3 is 0 Å². The first-order valence-corrected chi connectivity index (χ1v) is 7.34. The van der Waals surface area contributed by atoms with Gasteiger partial charge in [0, 0.05) is 18.1 Å². The molecule has 3 rings (SSSR count). The summed E-state index contributed by atoms with van der Waals surface area (Å²) in [5, 5.41) is 1.45. The number of nitrogens with zero attached hydrogens (tertiary/aromatic N) is 1. The summed E-state index contributed by atoms with van der Waals surface area (Å²) in [4.78, 5) is 26.7. The predicted octanol–water partition coefficient (Wildman–Crippen LogP) is 3.54. The van der Waals surface area contributed by atoms with Crippen molar-refractivity contribution in [3.05, 3.63) is 75.1 Å². The lowest BCUT2D eigenvalue weighted by Gasteiger charge is -2.16. The standard InChI is InChI=1S/C17H13NO2S/c1-18(13-8-3-2-4-9-13)16(19)15-11-12-7-5-6-10-14(12)17(20)21-15/h2-11H,1H3. The molecule has 21 heavy (non-hydrogen) atoms. The molecule has 1 amide bonds. The molecule has 1 heterocycles. The van der Waals surface area contributed by atoms with E-state index in [9.17, 15) is 9.59 Å². The van der Waals surface area contributed by atoms with E-state index in [-0.39, 0.29) is 10.6 Å². The number of anilines is 1. The Hall–Kier alpha value is -2.46. The Balaban J connectivity index is 2.04. The average Bonchev–Trinajstić information content (AvgIpc) is 2.54. The summed E-state index contributed by atoms with van der Waals surface area (Å²) in [6, 6.07) is 18.5. The first kappa shape index (κ1) is 13.5. The topological polar surface area (TPSA) is 37.4 Å². The molecule has 104 valence electrons. The van der Waals surface area contributed by atoms with Crippen molar-refractivity contribution in [3.63, 3.8) is 0 Å². The predicted molar refractivity (Wildman–Crippen MR) is 87.3 cm³/mol. The first-order chi connectivity index (χ1) is 10.2. The van der Waals surface area contributed by atoms with Gasteiger partial charge in [-0.15, -0.1) is 0 Å². The number of carbonyl (C=O) groups is 1. The van der Waals surface area contributed by atoms with Crippen LogP contribution in [0.1, 0.15) is 9.67 Å². The fourth-order valence-electron chi connectivity index (χ4n) is 2.17. The van der Waals surface area contributed by atoms with Crippen molar-refractivity contribution in [2.24, 2.45) is 0 Å². The molecule has 2 aromatic carbocycles. The molecule has 3 aromatic rings. The van der Waals surface area contributed by atoms with Gasteiger partial charge in [0.2, 0.25) is 4.74 Å². The van der Waals surface area contributed by atoms with E-state index in [0.717, 1.165) is 22.4 Å². The molecule has 0 aliphatic rings. The van der Waals surface area contributed by atoms with E-state index in [0.29, 0.717) is 10.3 Å². The van der Waals surface area contributed by atoms with E-state index >= 15 is 0 Å². The van der Waals surface area contributed by atoms with Crippen molar-refractivity contribution in [1.82, 2.24) is 0 Å². The number of hydrogen-bond acceptors (Lipinski definition) is 3. The third-order valence-corrected chi connectivity index (χ3v) is 4.25. The lowest BCUT2D eigenvalue weighted by atomic mass is 10.2. The minimum atomic E-state index is -0.172. The molecule has 0 N–H and O–H groups in total. The van der Waals surface area contributed by atoms with Crippen LogP contribution in [-0.2, 0) is 0 Å². The zero-order chi connectivity index (χ0) is 14.8. The Morgan fingerprint density at radius 2 is 1.67 bits per heavy atom. The summed E-state index contributed by atoms with van der Waals surface area (Å²) in [6.45, 7) is 0. The highest BCUT2D eigenvalue weighted by atomic mass is 32.1. The zero-order valence-corrected chi connectivity index (χ0v) is 12.3. The molecule has 3 nitrogen and oxygen atoms in total. The van der Waals surface area contributed by atoms with E-state index < -0.39 is 0 Å². The van der Waals surface area contributed by atoms with Crippen molar-refractivity contribution in [3.8, 4) is 0 Å². The van der Waals surface area contributed by atoms with Crippen molar-refractivity contribution in [2.75, 3.05) is 11.9 Å². The largest absolute Gasteiger partial charge is 0.311 e. The summed E-state index contributed by atoms with van der Waals surface area (Å²) >= 11 is 0.991. The number of benzene rings is 2. The van der Waals surface area contributed by atoms with Gasteiger partial charge in [-0.1, -0.05) is 47.7 Å². The van der Waals surface area contributed by atoms with Gasteiger partial charge in [0.05, 0.1) is 4.88 Å². The molecule has 0 saturated heterocycles. The Morgan fingerprint density at radius 3 is 2.43 bits per heavy atom. The van der Waals surface area contributed by atoms with Crippen molar-refractivity contribution in [1.29, 1.82) is 0 Å². The monoisotopic (exact) mass is 295 g/mol. The highest BCUT2D eigenvalue weighted by Gasteiger charge is 2.15. The van der Waals surface area contributed by atoms with Crippen LogP contribution >= 0.6 is 11.3 Å². The van der Waals surface area contributed by atoms with Gasteiger partial charge in [-0.2, -0.15) is 0 Å². The molecule has 0 radical (unpaired) electrons. The smallest absolute Gasteiger partial charge is 0.268 e. The number of amides is 1. The summed E-state index contributed by atoms with van der Waals surface area (Å²) in [7, 11) is 1.71. The quantitative estimate of drug-likeness (QED) is 0.725. The van der Waals surface area contributed by atoms with Crippen LogP contribution in [0.15, 0.2) is 65.5 Å². The van der Waals surface area contributed by atoms with Crippen molar-refractivity contribution >= 4 is 33.7 Å². The molecule has 0 atom stereocenters. The third-order valence-electron chi connectivity index (χ3n) is 3.33. The minimum Gasteiger partial charge on any atom is -0.311 e. The Labute approximate surface area is 126 Å². The highest BCUT2D eigenvalue weighted by molar-refractivity contribution is 7.12. The summed E-state index contributed by atoms with van der Waals surface area (Å²) in [5.41, 5.74) is 0.801. The molecule has 4 heteroatoms. The summed E-state index contributed by atoms with van der Waals surface area (Å²) in [5.74, 6) is -0.172. The van der Waals surface area contributed by atoms with Crippen LogP contribution in [0.5, 0.6) is 0 Å². The highest BCUT2D eigenvalue weighted by Crippen LogP contribution is 2.19. The maximum absolute atomic E-state index is 12.5. The van der Waals surface area contributed by atoms with Crippen LogP contribution < -0.4 is 9.64 Å². The van der Waals surface area contributed by atoms with E-state index in [1.807, 2.05) is 48.5 Å². The second-order valence-corrected chi connectivity index (χ2v) is 5.70. The van der Waals surface area contributed by atoms with Crippen LogP contribution in [0.3, 0.4) is 0 Å². The summed E-state index contributed by atoms with van der Waals surface area (Å²) < 4.78 is -0.0853. The Bertz CT molecular complexity index is 855. The van der Waals surface area contributed by atoms with Gasteiger partial charge in [0.15, 0.2) is 0 Å². The summed E-state index contributed by atoms with van der Waals surface area (Å²) in [6.07, 6.45) is 0. The van der Waals surface area contributed by atoms with Gasteiger partial charge in [-0.05, 0) is 29.7 Å². The van der Waals surface area contributed by atoms with Crippen LogP contribution in [0.25, 0.3) is 10.8 Å². The maximum Gasteiger partial charge on any atom is 0.268 e. The molecule has 0 bridgehead atoms. The lowest BCUT2D eigenvalue weighted by Crippen LogP contribution is -2.26. The number of carbonyl (C=O) groups excluding carboxylic acids is 1. The number of hydrogen-bond donors (Lipinski definition) is 0. The molecule has 0 unspecified atom stereocenters. The maximum atomic E-state index is 12.5. The van der Waals surface area contributed by atoms with E-state index in [1.54, 1.807) is 24.1 Å². The molecule has 0 aliphatic heterocycles. The Kier molecular flexibility index (Phi) is 3.54. The normalized spacial score (nSPS) is 10.5. The number of rotatable bonds is 2. The van der Waals surface area contributed by atoms with Gasteiger partial charge < -0.3 is 4.90 Å². The van der Waals surface area contributed by atoms with Crippen molar-refractivity contribution in [2.45, 2.75) is 0 Å². The number of para-hydroxylation sites is 1. The molecule has 0 spiro atoms. The first-order valence-electron chi connectivity index (χ1n) is 6.53. The molecule has 0 aliphatic carbocycles. The van der Waals surface area contributed by atoms with E-state index in [4.69, 9.17) is 0 Å². The number of fused-ring (bicyclic) bond motifs is 1. The van der Waals surface area contributed by atoms with Gasteiger partial charge in [0.25, 0.3) is 5.91 Å². The molecule has 1 aromatic heterocycles. The Morgan fingerprint density at radius 1 is 1.00 bits per heavy atom. The SMILES string of the molecule is CN(C(=O)c1cc2ccccc2c(=O)s1)c1ccccc1. The fraction of sp³-hybridized carbons (Fsp3) is 0.0588. The van der Waals surface area contributed by atoms with E-state index in [1.165, 1.54) is 0 Å². The van der Waals surface area contributed by atoms with Crippen LogP contribution in [0.2, 0.25) is 0 Å². The lowest BCUT2D eigenvalue weighted by molar-refractivity contribution is 0.0997. The third kappa shape index (κ3) is 2.58. The van der Waals surface area contributed by atoms with Crippen LogP contribution in [0, 0.1) is 0 Å². The second kappa shape index (κ2) is 5.50. The average molecular weight is 295 g/mol. The van der Waals surface area contributed by atoms with Gasteiger partial charge in [-0.3, -0.25) is 9.59 Å². The van der Waals surface area contributed by atoms with Crippen LogP contribution in [-0.4, -0.2) is 13.0 Å². The van der Waals surface area contributed by atoms with E-state index in [2.05, 4.69) is 0 Å². The van der Waals surface area contributed by atoms with Crippen LogP contribution in [0.4, 0.5) is 5.69 Å². The van der Waals surface area contributed by atoms with Crippen molar-refractivity contribution < 1.29 is 4.79 Å². The van der Waals surface area contributed by atoms with Gasteiger partial charge in [0.1, 0.15) is 0 Å². The molecule has 0 fully saturated rings. The minimum absolute atomic E-state index is 0.0853. The fourth-order valence-corrected chi connectivity index (χ4v) is 3.08. The molecular weight excluding hydrogens is 282 g/mol. The molecular formula is C17H13NO2S.